The van der Waals surface area contributed by atoms with E-state index in [-0.39, 0.29) is 11.9 Å². The van der Waals surface area contributed by atoms with Crippen molar-refractivity contribution < 1.29 is 9.53 Å². The van der Waals surface area contributed by atoms with Crippen LogP contribution < -0.4 is 10.1 Å². The molecule has 2 aromatic rings. The first-order valence-electron chi connectivity index (χ1n) is 8.92. The van der Waals surface area contributed by atoms with Gasteiger partial charge in [-0.1, -0.05) is 50.2 Å². The lowest BCUT2D eigenvalue weighted by Gasteiger charge is -2.22. The Morgan fingerprint density at radius 1 is 0.960 bits per heavy atom. The third-order valence-corrected chi connectivity index (χ3v) is 4.48. The number of hydrogen-bond donors (Lipinski definition) is 1. The molecule has 0 aliphatic rings. The standard InChI is InChI=1S/C22H29NO2/c1-14(2)19-12-11-15(3)13-21(19)25-18(6)22(24)23-17(5)20-10-8-7-9-16(20)4/h7-14,17-18H,1-6H3,(H,23,24)/t17-,18-/m0/s1. The van der Waals surface area contributed by atoms with Crippen molar-refractivity contribution in [2.75, 3.05) is 0 Å². The lowest BCUT2D eigenvalue weighted by Crippen LogP contribution is -2.38. The van der Waals surface area contributed by atoms with Crippen LogP contribution in [0.5, 0.6) is 5.75 Å². The normalized spacial score (nSPS) is 13.4. The highest BCUT2D eigenvalue weighted by Gasteiger charge is 2.20. The second-order valence-corrected chi connectivity index (χ2v) is 7.04. The topological polar surface area (TPSA) is 38.3 Å². The molecule has 0 saturated carbocycles. The van der Waals surface area contributed by atoms with Crippen molar-refractivity contribution in [2.24, 2.45) is 0 Å². The molecule has 0 aliphatic carbocycles. The summed E-state index contributed by atoms with van der Waals surface area (Å²) < 4.78 is 6.00. The summed E-state index contributed by atoms with van der Waals surface area (Å²) in [4.78, 5) is 12.6. The smallest absolute Gasteiger partial charge is 0.261 e. The van der Waals surface area contributed by atoms with Crippen molar-refractivity contribution in [3.8, 4) is 5.75 Å². The van der Waals surface area contributed by atoms with Crippen LogP contribution >= 0.6 is 0 Å². The van der Waals surface area contributed by atoms with Crippen molar-refractivity contribution in [2.45, 2.75) is 59.6 Å². The Bertz CT molecular complexity index is 737. The number of ether oxygens (including phenoxy) is 1. The predicted octanol–water partition coefficient (Wildman–Crippen LogP) is 5.07. The molecule has 0 fully saturated rings. The van der Waals surface area contributed by atoms with E-state index in [0.29, 0.717) is 5.92 Å². The van der Waals surface area contributed by atoms with E-state index in [9.17, 15) is 4.79 Å². The molecule has 1 amide bonds. The molecule has 3 nitrogen and oxygen atoms in total. The molecule has 134 valence electrons. The summed E-state index contributed by atoms with van der Waals surface area (Å²) >= 11 is 0. The number of carbonyl (C=O) groups is 1. The maximum atomic E-state index is 12.6. The average molecular weight is 339 g/mol. The monoisotopic (exact) mass is 339 g/mol. The molecule has 0 radical (unpaired) electrons. The Balaban J connectivity index is 2.08. The third-order valence-electron chi connectivity index (χ3n) is 4.48. The van der Waals surface area contributed by atoms with Gasteiger partial charge in [-0.05, 0) is 61.9 Å². The van der Waals surface area contributed by atoms with Crippen LogP contribution in [0.25, 0.3) is 0 Å². The van der Waals surface area contributed by atoms with E-state index in [4.69, 9.17) is 4.74 Å². The zero-order valence-electron chi connectivity index (χ0n) is 16.1. The molecule has 0 spiro atoms. The maximum absolute atomic E-state index is 12.6. The zero-order chi connectivity index (χ0) is 18.6. The Labute approximate surface area is 151 Å². The van der Waals surface area contributed by atoms with Gasteiger partial charge in [0, 0.05) is 0 Å². The summed E-state index contributed by atoms with van der Waals surface area (Å²) in [6.45, 7) is 12.1. The summed E-state index contributed by atoms with van der Waals surface area (Å²) in [7, 11) is 0. The van der Waals surface area contributed by atoms with E-state index in [2.05, 4.69) is 44.3 Å². The van der Waals surface area contributed by atoms with Crippen LogP contribution in [-0.4, -0.2) is 12.0 Å². The van der Waals surface area contributed by atoms with Crippen molar-refractivity contribution in [1.29, 1.82) is 0 Å². The van der Waals surface area contributed by atoms with Crippen LogP contribution in [0.15, 0.2) is 42.5 Å². The van der Waals surface area contributed by atoms with Gasteiger partial charge in [-0.25, -0.2) is 0 Å². The predicted molar refractivity (Wildman–Crippen MR) is 103 cm³/mol. The molecule has 2 atom stereocenters. The second kappa shape index (κ2) is 8.19. The van der Waals surface area contributed by atoms with E-state index in [1.807, 2.05) is 38.1 Å². The molecule has 0 aliphatic heterocycles. The minimum atomic E-state index is -0.550. The lowest BCUT2D eigenvalue weighted by molar-refractivity contribution is -0.127. The summed E-state index contributed by atoms with van der Waals surface area (Å²) in [6, 6.07) is 14.2. The fourth-order valence-electron chi connectivity index (χ4n) is 2.95. The van der Waals surface area contributed by atoms with Gasteiger partial charge in [0.05, 0.1) is 6.04 Å². The first kappa shape index (κ1) is 19.0. The van der Waals surface area contributed by atoms with E-state index in [1.54, 1.807) is 6.92 Å². The van der Waals surface area contributed by atoms with E-state index in [0.717, 1.165) is 22.4 Å². The number of amides is 1. The Morgan fingerprint density at radius 3 is 2.28 bits per heavy atom. The van der Waals surface area contributed by atoms with Crippen molar-refractivity contribution in [3.05, 3.63) is 64.7 Å². The van der Waals surface area contributed by atoms with Crippen molar-refractivity contribution in [3.63, 3.8) is 0 Å². The first-order chi connectivity index (χ1) is 11.8. The van der Waals surface area contributed by atoms with Crippen LogP contribution in [0, 0.1) is 13.8 Å². The number of hydrogen-bond acceptors (Lipinski definition) is 2. The highest BCUT2D eigenvalue weighted by Crippen LogP contribution is 2.28. The molecule has 0 heterocycles. The quantitative estimate of drug-likeness (QED) is 0.798. The minimum absolute atomic E-state index is 0.0539. The molecule has 0 saturated heterocycles. The summed E-state index contributed by atoms with van der Waals surface area (Å²) in [5, 5.41) is 3.06. The van der Waals surface area contributed by atoms with Gasteiger partial charge in [0.2, 0.25) is 0 Å². The van der Waals surface area contributed by atoms with Gasteiger partial charge in [-0.3, -0.25) is 4.79 Å². The van der Waals surface area contributed by atoms with E-state index in [1.165, 1.54) is 5.56 Å². The lowest BCUT2D eigenvalue weighted by atomic mass is 10.0. The number of rotatable bonds is 6. The molecular formula is C22H29NO2. The van der Waals surface area contributed by atoms with Gasteiger partial charge in [0.25, 0.3) is 5.91 Å². The van der Waals surface area contributed by atoms with Crippen LogP contribution in [0.4, 0.5) is 0 Å². The molecular weight excluding hydrogens is 310 g/mol. The fourth-order valence-corrected chi connectivity index (χ4v) is 2.95. The molecule has 3 heteroatoms. The highest BCUT2D eigenvalue weighted by molar-refractivity contribution is 5.81. The molecule has 0 unspecified atom stereocenters. The van der Waals surface area contributed by atoms with Crippen LogP contribution in [-0.2, 0) is 4.79 Å². The van der Waals surface area contributed by atoms with Gasteiger partial charge in [-0.2, -0.15) is 0 Å². The van der Waals surface area contributed by atoms with Crippen molar-refractivity contribution >= 4 is 5.91 Å². The molecule has 0 aromatic heterocycles. The largest absolute Gasteiger partial charge is 0.481 e. The van der Waals surface area contributed by atoms with Gasteiger partial charge < -0.3 is 10.1 Å². The van der Waals surface area contributed by atoms with Crippen LogP contribution in [0.2, 0.25) is 0 Å². The van der Waals surface area contributed by atoms with Gasteiger partial charge in [-0.15, -0.1) is 0 Å². The third kappa shape index (κ3) is 4.85. The number of aryl methyl sites for hydroxylation is 2. The molecule has 2 rings (SSSR count). The number of benzene rings is 2. The maximum Gasteiger partial charge on any atom is 0.261 e. The summed E-state index contributed by atoms with van der Waals surface area (Å²) in [6.07, 6.45) is -0.550. The zero-order valence-corrected chi connectivity index (χ0v) is 16.1. The molecule has 0 bridgehead atoms. The van der Waals surface area contributed by atoms with E-state index >= 15 is 0 Å². The molecule has 2 aromatic carbocycles. The molecule has 25 heavy (non-hydrogen) atoms. The van der Waals surface area contributed by atoms with Crippen LogP contribution in [0.1, 0.15) is 61.9 Å². The summed E-state index contributed by atoms with van der Waals surface area (Å²) in [5.41, 5.74) is 4.55. The molecule has 1 N–H and O–H groups in total. The number of nitrogens with one attached hydrogen (secondary N) is 1. The van der Waals surface area contributed by atoms with Gasteiger partial charge in [0.15, 0.2) is 6.10 Å². The first-order valence-corrected chi connectivity index (χ1v) is 8.92. The van der Waals surface area contributed by atoms with Crippen LogP contribution in [0.3, 0.4) is 0 Å². The summed E-state index contributed by atoms with van der Waals surface area (Å²) in [5.74, 6) is 1.03. The van der Waals surface area contributed by atoms with Gasteiger partial charge >= 0.3 is 0 Å². The second-order valence-electron chi connectivity index (χ2n) is 7.04. The average Bonchev–Trinajstić information content (AvgIpc) is 2.54. The Kier molecular flexibility index (Phi) is 6.24. The van der Waals surface area contributed by atoms with Gasteiger partial charge in [0.1, 0.15) is 5.75 Å². The fraction of sp³-hybridized carbons (Fsp3) is 0.409. The van der Waals surface area contributed by atoms with E-state index < -0.39 is 6.10 Å². The van der Waals surface area contributed by atoms with Crippen molar-refractivity contribution in [1.82, 2.24) is 5.32 Å². The Morgan fingerprint density at radius 2 is 1.64 bits per heavy atom. The highest BCUT2D eigenvalue weighted by atomic mass is 16.5. The Hall–Kier alpha value is -2.29. The minimum Gasteiger partial charge on any atom is -0.481 e. The number of carbonyl (C=O) groups excluding carboxylic acids is 1. The SMILES string of the molecule is Cc1ccc(C(C)C)c(O[C@@H](C)C(=O)N[C@@H](C)c2ccccc2C)c1.